The van der Waals surface area contributed by atoms with Crippen LogP contribution in [0.1, 0.15) is 25.7 Å². The van der Waals surface area contributed by atoms with Gasteiger partial charge in [0.1, 0.15) is 11.2 Å². The second kappa shape index (κ2) is 14.7. The van der Waals surface area contributed by atoms with Gasteiger partial charge in [0, 0.05) is 55.4 Å². The zero-order valence-corrected chi connectivity index (χ0v) is 36.4. The lowest BCUT2D eigenvalue weighted by molar-refractivity contribution is 0.669. The minimum atomic E-state index is -2.53. The van der Waals surface area contributed by atoms with Crippen LogP contribution < -0.4 is 15.3 Å². The number of hydrogen-bond donors (Lipinski definition) is 0. The Morgan fingerprint density at radius 3 is 1.73 bits per heavy atom. The molecule has 3 nitrogen and oxygen atoms in total. The van der Waals surface area contributed by atoms with Crippen LogP contribution in [0.3, 0.4) is 0 Å². The van der Waals surface area contributed by atoms with Gasteiger partial charge in [-0.25, -0.2) is 0 Å². The third kappa shape index (κ3) is 5.59. The average molecular weight is 837 g/mol. The highest BCUT2D eigenvalue weighted by molar-refractivity contribution is 7.12. The van der Waals surface area contributed by atoms with Crippen molar-refractivity contribution in [1.29, 1.82) is 0 Å². The van der Waals surface area contributed by atoms with Gasteiger partial charge in [0.25, 0.3) is 0 Å². The normalized spacial score (nSPS) is 14.4. The van der Waals surface area contributed by atoms with E-state index in [0.717, 1.165) is 64.7 Å². The molecule has 0 spiro atoms. The summed E-state index contributed by atoms with van der Waals surface area (Å²) in [6, 6.07) is 67.6. The smallest absolute Gasteiger partial charge is 0.171 e. The molecule has 0 unspecified atom stereocenters. The molecular weight excluding hydrogens is 793 g/mol. The fraction of sp³-hybridized carbons (Fsp3) is 0.0667. The fourth-order valence-electron chi connectivity index (χ4n) is 11.2. The van der Waals surface area contributed by atoms with Crippen molar-refractivity contribution in [3.05, 3.63) is 229 Å². The number of hydrogen-bond acceptors (Lipinski definition) is 2. The van der Waals surface area contributed by atoms with Crippen LogP contribution in [-0.4, -0.2) is 12.5 Å². The quantitative estimate of drug-likeness (QED) is 0.142. The van der Waals surface area contributed by atoms with Gasteiger partial charge in [0.2, 0.25) is 0 Å². The van der Waals surface area contributed by atoms with E-state index in [2.05, 4.69) is 222 Å². The summed E-state index contributed by atoms with van der Waals surface area (Å²) in [6.07, 6.45) is 18.4. The van der Waals surface area contributed by atoms with Crippen LogP contribution in [0.15, 0.2) is 233 Å². The number of allylic oxidation sites excluding steroid dienone is 8. The van der Waals surface area contributed by atoms with Gasteiger partial charge in [-0.15, -0.1) is 0 Å². The first-order chi connectivity index (χ1) is 31.7. The highest BCUT2D eigenvalue weighted by Gasteiger charge is 2.44. The van der Waals surface area contributed by atoms with Gasteiger partial charge in [-0.2, -0.15) is 0 Å². The maximum atomic E-state index is 6.49. The second-order valence-electron chi connectivity index (χ2n) is 17.4. The molecule has 0 radical (unpaired) electrons. The second-order valence-corrected chi connectivity index (χ2v) is 21.4. The number of rotatable bonds is 8. The van der Waals surface area contributed by atoms with Gasteiger partial charge in [-0.3, -0.25) is 0 Å². The summed E-state index contributed by atoms with van der Waals surface area (Å²) in [4.78, 5) is 2.39. The molecule has 0 saturated heterocycles. The molecule has 8 aromatic carbocycles. The molecular formula is C60H44N2OSi. The summed E-state index contributed by atoms with van der Waals surface area (Å²) in [5.41, 5.74) is 11.2. The maximum Gasteiger partial charge on any atom is 0.171 e. The number of aromatic nitrogens is 1. The van der Waals surface area contributed by atoms with E-state index in [4.69, 9.17) is 4.42 Å². The maximum absolute atomic E-state index is 6.49. The molecule has 3 aromatic heterocycles. The van der Waals surface area contributed by atoms with E-state index >= 15 is 0 Å². The third-order valence-electron chi connectivity index (χ3n) is 14.1. The molecule has 3 heterocycles. The number of furan rings is 1. The molecule has 0 saturated carbocycles. The van der Waals surface area contributed by atoms with Crippen LogP contribution in [0, 0.1) is 0 Å². The minimum Gasteiger partial charge on any atom is -0.456 e. The van der Waals surface area contributed by atoms with E-state index in [1.54, 1.807) is 10.4 Å². The van der Waals surface area contributed by atoms with Crippen molar-refractivity contribution in [2.45, 2.75) is 25.7 Å². The first-order valence-corrected chi connectivity index (χ1v) is 24.6. The van der Waals surface area contributed by atoms with Gasteiger partial charge in [-0.1, -0.05) is 162 Å². The van der Waals surface area contributed by atoms with Crippen LogP contribution in [0.5, 0.6) is 0 Å². The van der Waals surface area contributed by atoms with Gasteiger partial charge in [0.05, 0.1) is 16.6 Å². The molecule has 0 N–H and O–H groups in total. The predicted molar refractivity (Wildman–Crippen MR) is 273 cm³/mol. The standard InChI is InChI=1S/C60H44N2OSi/c1-4-15-46(16-5-1)64(47-17-6-2-7-18-47,48-19-8-3-9-20-48)49-35-32-44(33-36-49)61(45-34-37-52-51-22-11-13-26-58(51)63-59(52)40-45)43-30-27-41(28-31-43)42-29-38-57-55(39-42)54-24-14-23-53-50-21-10-12-25-56(50)62(57)60(53)54/h1-6,8,10-17,19,21-40H,7,9,18,20H2. The average Bonchev–Trinajstić information content (AvgIpc) is 4.03. The Balaban J connectivity index is 0.944. The number of benzene rings is 8. The van der Waals surface area contributed by atoms with Crippen molar-refractivity contribution in [2.75, 3.05) is 4.90 Å². The van der Waals surface area contributed by atoms with Crippen molar-refractivity contribution in [3.8, 4) is 11.1 Å². The van der Waals surface area contributed by atoms with E-state index in [9.17, 15) is 0 Å². The molecule has 13 rings (SSSR count). The first kappa shape index (κ1) is 36.9. The molecule has 304 valence electrons. The largest absolute Gasteiger partial charge is 0.456 e. The molecule has 0 amide bonds. The topological polar surface area (TPSA) is 20.8 Å². The minimum absolute atomic E-state index is 0.883. The first-order valence-electron chi connectivity index (χ1n) is 22.6. The number of fused-ring (bicyclic) bond motifs is 9. The Bertz CT molecular complexity index is 3680. The van der Waals surface area contributed by atoms with Crippen LogP contribution in [-0.2, 0) is 0 Å². The summed E-state index contributed by atoms with van der Waals surface area (Å²) < 4.78 is 8.94. The van der Waals surface area contributed by atoms with Crippen molar-refractivity contribution in [2.24, 2.45) is 0 Å². The van der Waals surface area contributed by atoms with Crippen molar-refractivity contribution < 1.29 is 4.42 Å². The summed E-state index contributed by atoms with van der Waals surface area (Å²) in [5, 5.41) is 13.5. The zero-order chi connectivity index (χ0) is 42.2. The van der Waals surface area contributed by atoms with Crippen LogP contribution in [0.2, 0.25) is 0 Å². The van der Waals surface area contributed by atoms with Crippen molar-refractivity contribution in [3.63, 3.8) is 0 Å². The third-order valence-corrected chi connectivity index (χ3v) is 19.2. The Morgan fingerprint density at radius 1 is 0.422 bits per heavy atom. The summed E-state index contributed by atoms with van der Waals surface area (Å²) >= 11 is 0. The van der Waals surface area contributed by atoms with E-state index in [1.165, 1.54) is 59.6 Å². The van der Waals surface area contributed by atoms with Crippen molar-refractivity contribution in [1.82, 2.24) is 4.40 Å². The van der Waals surface area contributed by atoms with Gasteiger partial charge >= 0.3 is 0 Å². The molecule has 2 aliphatic rings. The highest BCUT2D eigenvalue weighted by Crippen LogP contribution is 2.43. The molecule has 4 heteroatoms. The lowest BCUT2D eigenvalue weighted by Gasteiger charge is -2.39. The molecule has 0 fully saturated rings. The fourth-order valence-corrected chi connectivity index (χ4v) is 16.5. The molecule has 11 aromatic rings. The Morgan fingerprint density at radius 2 is 1.00 bits per heavy atom. The Labute approximate surface area is 373 Å². The van der Waals surface area contributed by atoms with Crippen molar-refractivity contribution >= 4 is 95.5 Å². The number of anilines is 3. The molecule has 2 aliphatic carbocycles. The lowest BCUT2D eigenvalue weighted by atomic mass is 10.0. The van der Waals surface area contributed by atoms with E-state index in [1.807, 2.05) is 6.07 Å². The lowest BCUT2D eigenvalue weighted by Crippen LogP contribution is -2.62. The summed E-state index contributed by atoms with van der Waals surface area (Å²) in [5.74, 6) is 0. The van der Waals surface area contributed by atoms with E-state index in [-0.39, 0.29) is 0 Å². The summed E-state index contributed by atoms with van der Waals surface area (Å²) in [7, 11) is -2.53. The molecule has 0 aliphatic heterocycles. The zero-order valence-electron chi connectivity index (χ0n) is 35.4. The van der Waals surface area contributed by atoms with Gasteiger partial charge in [-0.05, 0) is 108 Å². The Kier molecular flexibility index (Phi) is 8.50. The van der Waals surface area contributed by atoms with E-state index < -0.39 is 8.07 Å². The monoisotopic (exact) mass is 836 g/mol. The van der Waals surface area contributed by atoms with Gasteiger partial charge in [0.15, 0.2) is 8.07 Å². The van der Waals surface area contributed by atoms with Gasteiger partial charge < -0.3 is 13.7 Å². The van der Waals surface area contributed by atoms with Crippen LogP contribution in [0.25, 0.3) is 71.2 Å². The van der Waals surface area contributed by atoms with Crippen LogP contribution in [0.4, 0.5) is 17.1 Å². The van der Waals surface area contributed by atoms with E-state index in [0.29, 0.717) is 0 Å². The summed E-state index contributed by atoms with van der Waals surface area (Å²) in [6.45, 7) is 0. The highest BCUT2D eigenvalue weighted by atomic mass is 28.3. The SMILES string of the molecule is C1=CCCC([Si](C2=CC=CCC2)(c2ccccc2)c2ccc(N(c3ccc(-c4ccc5c(c4)c4cccc6c7ccccc7n5c64)cc3)c3ccc4c(c3)oc3ccccc34)cc2)=C1. The van der Waals surface area contributed by atoms with Crippen LogP contribution >= 0.6 is 0 Å². The predicted octanol–water partition coefficient (Wildman–Crippen LogP) is 15.1. The number of nitrogens with zero attached hydrogens (tertiary/aromatic N) is 2. The Hall–Kier alpha value is -7.66. The molecule has 0 bridgehead atoms. The molecule has 0 atom stereocenters. The molecule has 64 heavy (non-hydrogen) atoms. The number of para-hydroxylation sites is 3.